The van der Waals surface area contributed by atoms with Crippen LogP contribution in [0, 0.1) is 5.92 Å². The fourth-order valence-corrected chi connectivity index (χ4v) is 11.3. The molecule has 4 aliphatic carbocycles. The molecule has 2 heterocycles. The number of allylic oxidation sites excluding steroid dienone is 10. The van der Waals surface area contributed by atoms with E-state index < -0.39 is 0 Å². The average Bonchev–Trinajstić information content (AvgIpc) is 3.74. The van der Waals surface area contributed by atoms with Gasteiger partial charge in [-0.1, -0.05) is 134 Å². The quantitative estimate of drug-likeness (QED) is 0.183. The van der Waals surface area contributed by atoms with Gasteiger partial charge in [0.25, 0.3) is 0 Å². The van der Waals surface area contributed by atoms with Crippen LogP contribution >= 0.6 is 23.1 Å². The Morgan fingerprint density at radius 2 is 1.55 bits per heavy atom. The molecule has 0 saturated carbocycles. The van der Waals surface area contributed by atoms with Gasteiger partial charge in [0, 0.05) is 43.2 Å². The second-order valence-electron chi connectivity index (χ2n) is 13.8. The van der Waals surface area contributed by atoms with Crippen LogP contribution in [0.5, 0.6) is 0 Å². The molecule has 49 heavy (non-hydrogen) atoms. The molecule has 4 atom stereocenters. The highest BCUT2D eigenvalue weighted by molar-refractivity contribution is 8.00. The molecule has 5 aliphatic rings. The normalized spacial score (nSPS) is 23.8. The van der Waals surface area contributed by atoms with E-state index in [1.54, 1.807) is 0 Å². The largest absolute Gasteiger partial charge is 0.333 e. The fraction of sp³-hybridized carbons (Fsp3) is 0.174. The highest BCUT2D eigenvalue weighted by atomic mass is 32.2. The molecule has 1 aromatic heterocycles. The maximum absolute atomic E-state index is 2.65. The summed E-state index contributed by atoms with van der Waals surface area (Å²) in [6.07, 6.45) is 28.8. The van der Waals surface area contributed by atoms with Crippen LogP contribution in [0.25, 0.3) is 31.3 Å². The number of hydrogen-bond donors (Lipinski definition) is 0. The van der Waals surface area contributed by atoms with E-state index in [4.69, 9.17) is 0 Å². The Bertz CT molecular complexity index is 2340. The van der Waals surface area contributed by atoms with Gasteiger partial charge in [-0.25, -0.2) is 0 Å². The van der Waals surface area contributed by atoms with Gasteiger partial charge in [0.2, 0.25) is 0 Å². The summed E-state index contributed by atoms with van der Waals surface area (Å²) in [7, 11) is 0. The molecule has 5 aromatic rings. The van der Waals surface area contributed by atoms with Crippen LogP contribution in [-0.4, -0.2) is 11.3 Å². The second kappa shape index (κ2) is 12.1. The molecule has 0 spiro atoms. The Labute approximate surface area is 297 Å². The Morgan fingerprint density at radius 1 is 0.694 bits per heavy atom. The molecular weight excluding hydrogens is 631 g/mol. The minimum atomic E-state index is 0.251. The number of nitrogens with zero attached hydrogens (tertiary/aromatic N) is 1. The molecule has 1 nitrogen and oxygen atoms in total. The van der Waals surface area contributed by atoms with Gasteiger partial charge in [0.15, 0.2) is 0 Å². The molecular formula is C46H37NS2. The van der Waals surface area contributed by atoms with Crippen LogP contribution in [0.1, 0.15) is 37.2 Å². The number of rotatable bonds is 5. The van der Waals surface area contributed by atoms with Crippen LogP contribution in [0.2, 0.25) is 0 Å². The number of anilines is 1. The van der Waals surface area contributed by atoms with Crippen molar-refractivity contribution in [3.05, 3.63) is 180 Å². The van der Waals surface area contributed by atoms with E-state index in [1.807, 2.05) is 23.1 Å². The highest BCUT2D eigenvalue weighted by Crippen LogP contribution is 2.50. The Hall–Kier alpha value is -4.57. The predicted molar refractivity (Wildman–Crippen MR) is 212 cm³/mol. The molecule has 238 valence electrons. The lowest BCUT2D eigenvalue weighted by atomic mass is 9.83. The zero-order valence-electron chi connectivity index (χ0n) is 27.3. The van der Waals surface area contributed by atoms with Crippen molar-refractivity contribution in [3.63, 3.8) is 0 Å². The molecule has 1 aliphatic heterocycles. The van der Waals surface area contributed by atoms with Crippen molar-refractivity contribution in [1.82, 2.24) is 0 Å². The van der Waals surface area contributed by atoms with Crippen LogP contribution in [0.4, 0.5) is 5.69 Å². The number of thiophene rings is 1. The van der Waals surface area contributed by atoms with Crippen molar-refractivity contribution in [2.75, 3.05) is 4.90 Å². The van der Waals surface area contributed by atoms with Crippen molar-refractivity contribution in [1.29, 1.82) is 0 Å². The Morgan fingerprint density at radius 3 is 2.45 bits per heavy atom. The van der Waals surface area contributed by atoms with E-state index in [0.717, 1.165) is 25.7 Å². The molecule has 0 bridgehead atoms. The number of thioether (sulfide) groups is 1. The maximum atomic E-state index is 2.65. The van der Waals surface area contributed by atoms with Crippen LogP contribution < -0.4 is 4.90 Å². The van der Waals surface area contributed by atoms with Gasteiger partial charge < -0.3 is 4.90 Å². The molecule has 0 fully saturated rings. The molecule has 10 rings (SSSR count). The zero-order valence-corrected chi connectivity index (χ0v) is 29.0. The second-order valence-corrected chi connectivity index (χ2v) is 16.0. The first-order valence-electron chi connectivity index (χ1n) is 17.7. The Balaban J connectivity index is 1.03. The first-order chi connectivity index (χ1) is 24.3. The summed E-state index contributed by atoms with van der Waals surface area (Å²) in [5.74, 6) is 0.896. The molecule has 3 heteroatoms. The summed E-state index contributed by atoms with van der Waals surface area (Å²) in [4.78, 5) is 4.09. The minimum Gasteiger partial charge on any atom is -0.333 e. The van der Waals surface area contributed by atoms with E-state index in [1.165, 1.54) is 69.9 Å². The Kier molecular flexibility index (Phi) is 7.24. The van der Waals surface area contributed by atoms with Gasteiger partial charge in [0.05, 0.1) is 16.4 Å². The number of hydrogen-bond acceptors (Lipinski definition) is 3. The van der Waals surface area contributed by atoms with E-state index in [9.17, 15) is 0 Å². The third kappa shape index (κ3) is 5.06. The van der Waals surface area contributed by atoms with E-state index in [2.05, 4.69) is 157 Å². The van der Waals surface area contributed by atoms with Gasteiger partial charge in [-0.15, -0.1) is 23.1 Å². The van der Waals surface area contributed by atoms with E-state index in [0.29, 0.717) is 17.1 Å². The van der Waals surface area contributed by atoms with Crippen molar-refractivity contribution >= 4 is 49.0 Å². The lowest BCUT2D eigenvalue weighted by Gasteiger charge is -2.37. The predicted octanol–water partition coefficient (Wildman–Crippen LogP) is 12.7. The SMILES string of the molecule is C1=CC2=C(C=CC(N(C3=CCC(C4=CC5Sc6ccccc6C5C=C4)C=C3)c3cccc4c3sc3c(-c5ccccc5)cccc34)C2)CC1. The highest BCUT2D eigenvalue weighted by Gasteiger charge is 2.33. The molecule has 0 radical (unpaired) electrons. The fourth-order valence-electron chi connectivity index (χ4n) is 8.52. The maximum Gasteiger partial charge on any atom is 0.0598 e. The first-order valence-corrected chi connectivity index (χ1v) is 19.4. The molecule has 0 N–H and O–H groups in total. The number of fused-ring (bicyclic) bond motifs is 6. The standard InChI is InChI=1S/C46H37NS2/c1-2-11-32(12-3-1)37-15-8-16-40-41-17-9-18-42(46(41)49-45(37)40)47(36-26-22-30-10-4-5-13-33(30)28-36)35-24-20-31(21-25-35)34-23-27-39-38-14-6-7-19-43(38)48-44(39)29-34/h1-3,5-9,11-20,22-27,29,31,36,39,44H,4,10,21,28H2. The third-order valence-electron chi connectivity index (χ3n) is 11.0. The minimum absolute atomic E-state index is 0.251. The van der Waals surface area contributed by atoms with Gasteiger partial charge in [0.1, 0.15) is 0 Å². The van der Waals surface area contributed by atoms with Gasteiger partial charge >= 0.3 is 0 Å². The monoisotopic (exact) mass is 667 g/mol. The topological polar surface area (TPSA) is 3.24 Å². The summed E-state index contributed by atoms with van der Waals surface area (Å²) < 4.78 is 2.73. The zero-order chi connectivity index (χ0) is 32.3. The van der Waals surface area contributed by atoms with Crippen molar-refractivity contribution < 1.29 is 0 Å². The van der Waals surface area contributed by atoms with Crippen molar-refractivity contribution in [3.8, 4) is 11.1 Å². The van der Waals surface area contributed by atoms with E-state index >= 15 is 0 Å². The average molecular weight is 668 g/mol. The molecule has 0 amide bonds. The summed E-state index contributed by atoms with van der Waals surface area (Å²) in [6, 6.07) is 33.8. The third-order valence-corrected chi connectivity index (χ3v) is 13.6. The van der Waals surface area contributed by atoms with Gasteiger partial charge in [-0.05, 0) is 77.3 Å². The molecule has 4 aromatic carbocycles. The van der Waals surface area contributed by atoms with Crippen LogP contribution in [0.15, 0.2) is 179 Å². The molecule has 0 saturated heterocycles. The van der Waals surface area contributed by atoms with Crippen molar-refractivity contribution in [2.45, 2.75) is 47.8 Å². The van der Waals surface area contributed by atoms with Crippen LogP contribution in [0.3, 0.4) is 0 Å². The number of benzene rings is 4. The van der Waals surface area contributed by atoms with E-state index in [-0.39, 0.29) is 6.04 Å². The molecule has 4 unspecified atom stereocenters. The van der Waals surface area contributed by atoms with Gasteiger partial charge in [-0.3, -0.25) is 0 Å². The van der Waals surface area contributed by atoms with Crippen molar-refractivity contribution in [2.24, 2.45) is 5.92 Å². The lowest BCUT2D eigenvalue weighted by Crippen LogP contribution is -2.35. The van der Waals surface area contributed by atoms with Gasteiger partial charge in [-0.2, -0.15) is 0 Å². The summed E-state index contributed by atoms with van der Waals surface area (Å²) in [6.45, 7) is 0. The summed E-state index contributed by atoms with van der Waals surface area (Å²) in [5.41, 5.74) is 11.2. The summed E-state index contributed by atoms with van der Waals surface area (Å²) in [5, 5.41) is 3.19. The lowest BCUT2D eigenvalue weighted by molar-refractivity contribution is 0.706. The van der Waals surface area contributed by atoms with Crippen LogP contribution in [-0.2, 0) is 0 Å². The summed E-state index contributed by atoms with van der Waals surface area (Å²) >= 11 is 3.98. The first kappa shape index (κ1) is 29.4. The smallest absolute Gasteiger partial charge is 0.0598 e.